The van der Waals surface area contributed by atoms with Gasteiger partial charge < -0.3 is 4.74 Å². The van der Waals surface area contributed by atoms with E-state index >= 15 is 0 Å². The molecule has 6 heteroatoms. The molecule has 0 aromatic heterocycles. The van der Waals surface area contributed by atoms with Crippen LogP contribution < -0.4 is 4.74 Å². The third-order valence-corrected chi connectivity index (χ3v) is 6.64. The van der Waals surface area contributed by atoms with Gasteiger partial charge in [-0.3, -0.25) is 14.5 Å². The van der Waals surface area contributed by atoms with E-state index in [1.165, 1.54) is 4.90 Å². The number of carbonyl (C=O) groups excluding carboxylic acids is 3. The van der Waals surface area contributed by atoms with E-state index in [9.17, 15) is 14.4 Å². The van der Waals surface area contributed by atoms with Crippen molar-refractivity contribution in [2.24, 2.45) is 0 Å². The van der Waals surface area contributed by atoms with Crippen molar-refractivity contribution in [1.29, 1.82) is 0 Å². The minimum atomic E-state index is -0.461. The molecule has 0 bridgehead atoms. The van der Waals surface area contributed by atoms with Crippen molar-refractivity contribution in [1.82, 2.24) is 4.90 Å². The van der Waals surface area contributed by atoms with Gasteiger partial charge in [0.2, 0.25) is 0 Å². The number of thioether (sulfide) groups is 1. The molecule has 0 N–H and O–H groups in total. The number of rotatable bonds is 5. The lowest BCUT2D eigenvalue weighted by atomic mass is 10.0. The quantitative estimate of drug-likeness (QED) is 0.183. The zero-order valence-corrected chi connectivity index (χ0v) is 19.7. The summed E-state index contributed by atoms with van der Waals surface area (Å²) in [4.78, 5) is 39.8. The number of imide groups is 1. The van der Waals surface area contributed by atoms with Crippen molar-refractivity contribution in [3.8, 4) is 5.75 Å². The van der Waals surface area contributed by atoms with Gasteiger partial charge in [0, 0.05) is 0 Å². The van der Waals surface area contributed by atoms with Crippen LogP contribution in [0.3, 0.4) is 0 Å². The molecule has 1 saturated heterocycles. The fraction of sp³-hybridized carbons (Fsp3) is 0.0690. The van der Waals surface area contributed by atoms with Gasteiger partial charge in [-0.25, -0.2) is 4.79 Å². The highest BCUT2D eigenvalue weighted by Crippen LogP contribution is 2.34. The summed E-state index contributed by atoms with van der Waals surface area (Å²) in [6.07, 6.45) is 1.65. The third-order valence-electron chi connectivity index (χ3n) is 5.74. The summed E-state index contributed by atoms with van der Waals surface area (Å²) in [5.41, 5.74) is 3.08. The molecule has 0 saturated carbocycles. The highest BCUT2D eigenvalue weighted by molar-refractivity contribution is 8.18. The van der Waals surface area contributed by atoms with E-state index in [2.05, 4.69) is 0 Å². The molecule has 0 atom stereocenters. The van der Waals surface area contributed by atoms with Crippen LogP contribution in [-0.4, -0.2) is 22.0 Å². The van der Waals surface area contributed by atoms with E-state index in [1.807, 2.05) is 61.5 Å². The Kier molecular flexibility index (Phi) is 6.21. The number of benzene rings is 4. The molecule has 0 aliphatic carbocycles. The van der Waals surface area contributed by atoms with E-state index in [0.717, 1.165) is 33.7 Å². The van der Waals surface area contributed by atoms with Gasteiger partial charge in [0.05, 0.1) is 17.0 Å². The second kappa shape index (κ2) is 9.60. The lowest BCUT2D eigenvalue weighted by Crippen LogP contribution is -2.27. The number of hydrogen-bond acceptors (Lipinski definition) is 5. The third kappa shape index (κ3) is 4.88. The maximum atomic E-state index is 13.1. The summed E-state index contributed by atoms with van der Waals surface area (Å²) in [6.45, 7) is 2.15. The highest BCUT2D eigenvalue weighted by atomic mass is 32.2. The van der Waals surface area contributed by atoms with E-state index in [4.69, 9.17) is 4.74 Å². The van der Waals surface area contributed by atoms with E-state index < -0.39 is 5.97 Å². The molecule has 1 aliphatic heterocycles. The molecule has 2 amide bonds. The fourth-order valence-corrected chi connectivity index (χ4v) is 4.75. The predicted molar refractivity (Wildman–Crippen MR) is 138 cm³/mol. The van der Waals surface area contributed by atoms with Crippen molar-refractivity contribution in [3.63, 3.8) is 0 Å². The van der Waals surface area contributed by atoms with Crippen LogP contribution in [0.4, 0.5) is 4.79 Å². The summed E-state index contributed by atoms with van der Waals surface area (Å²) in [6, 6.07) is 27.8. The van der Waals surface area contributed by atoms with Crippen molar-refractivity contribution >= 4 is 45.7 Å². The first kappa shape index (κ1) is 22.6. The largest absolute Gasteiger partial charge is 0.423 e. The average molecular weight is 480 g/mol. The summed E-state index contributed by atoms with van der Waals surface area (Å²) in [7, 11) is 0. The Balaban J connectivity index is 1.34. The first-order valence-corrected chi connectivity index (χ1v) is 11.9. The smallest absolute Gasteiger partial charge is 0.343 e. The molecule has 35 heavy (non-hydrogen) atoms. The summed E-state index contributed by atoms with van der Waals surface area (Å²) >= 11 is 0.910. The maximum Gasteiger partial charge on any atom is 0.343 e. The van der Waals surface area contributed by atoms with Gasteiger partial charge in [-0.1, -0.05) is 72.3 Å². The van der Waals surface area contributed by atoms with Gasteiger partial charge in [0.1, 0.15) is 5.75 Å². The molecule has 0 spiro atoms. The Morgan fingerprint density at radius 2 is 1.66 bits per heavy atom. The van der Waals surface area contributed by atoms with Crippen LogP contribution >= 0.6 is 11.8 Å². The van der Waals surface area contributed by atoms with Crippen molar-refractivity contribution in [2.45, 2.75) is 13.5 Å². The SMILES string of the molecule is Cc1ccc(C(=O)Oc2cccc(/C=C3\SC(=O)N(Cc4cccc5ccccc45)C3=O)c2)cc1. The molecule has 1 aliphatic rings. The Bertz CT molecular complexity index is 1490. The first-order valence-electron chi connectivity index (χ1n) is 11.1. The maximum absolute atomic E-state index is 13.1. The standard InChI is InChI=1S/C29H21NO4S/c1-19-12-14-22(15-13-19)28(32)34-24-10-4-6-20(16-24)17-26-27(31)30(29(33)35-26)18-23-9-5-8-21-7-2-3-11-25(21)23/h2-17H,18H2,1H3/b26-17-. The number of nitrogens with zero attached hydrogens (tertiary/aromatic N) is 1. The summed E-state index contributed by atoms with van der Waals surface area (Å²) in [5.74, 6) is -0.438. The van der Waals surface area contributed by atoms with Crippen LogP contribution in [0.15, 0.2) is 95.9 Å². The zero-order valence-electron chi connectivity index (χ0n) is 18.9. The molecule has 0 radical (unpaired) electrons. The monoisotopic (exact) mass is 479 g/mol. The Labute approximate surface area is 207 Å². The first-order chi connectivity index (χ1) is 17.0. The van der Waals surface area contributed by atoms with Crippen LogP contribution in [0.1, 0.15) is 27.0 Å². The molecule has 5 nitrogen and oxygen atoms in total. The number of aryl methyl sites for hydroxylation is 1. The van der Waals surface area contributed by atoms with Crippen LogP contribution in [0.2, 0.25) is 0 Å². The minimum Gasteiger partial charge on any atom is -0.423 e. The molecule has 4 aromatic rings. The Morgan fingerprint density at radius 1 is 0.914 bits per heavy atom. The molecular weight excluding hydrogens is 458 g/mol. The lowest BCUT2D eigenvalue weighted by molar-refractivity contribution is -0.123. The molecule has 1 heterocycles. The molecule has 172 valence electrons. The molecule has 0 unspecified atom stereocenters. The number of fused-ring (bicyclic) bond motifs is 1. The van der Waals surface area contributed by atoms with Gasteiger partial charge in [-0.05, 0) is 70.9 Å². The average Bonchev–Trinajstić information content (AvgIpc) is 3.12. The van der Waals surface area contributed by atoms with E-state index in [0.29, 0.717) is 21.8 Å². The number of esters is 1. The van der Waals surface area contributed by atoms with Crippen molar-refractivity contribution < 1.29 is 19.1 Å². The van der Waals surface area contributed by atoms with Gasteiger partial charge in [0.25, 0.3) is 11.1 Å². The molecule has 5 rings (SSSR count). The number of ether oxygens (including phenoxy) is 1. The van der Waals surface area contributed by atoms with Gasteiger partial charge >= 0.3 is 5.97 Å². The number of carbonyl (C=O) groups is 3. The molecule has 4 aromatic carbocycles. The fourth-order valence-electron chi connectivity index (χ4n) is 3.91. The number of hydrogen-bond donors (Lipinski definition) is 0. The van der Waals surface area contributed by atoms with Gasteiger partial charge in [0.15, 0.2) is 0 Å². The van der Waals surface area contributed by atoms with Crippen LogP contribution in [0.5, 0.6) is 5.75 Å². The lowest BCUT2D eigenvalue weighted by Gasteiger charge is -2.14. The Hall–Kier alpha value is -4.16. The predicted octanol–water partition coefficient (Wildman–Crippen LogP) is 6.60. The van der Waals surface area contributed by atoms with Crippen LogP contribution in [0, 0.1) is 6.92 Å². The summed E-state index contributed by atoms with van der Waals surface area (Å²) < 4.78 is 5.50. The number of amides is 2. The zero-order chi connectivity index (χ0) is 24.4. The van der Waals surface area contributed by atoms with Gasteiger partial charge in [-0.2, -0.15) is 0 Å². The van der Waals surface area contributed by atoms with Crippen molar-refractivity contribution in [3.05, 3.63) is 118 Å². The Morgan fingerprint density at radius 3 is 2.49 bits per heavy atom. The van der Waals surface area contributed by atoms with Crippen molar-refractivity contribution in [2.75, 3.05) is 0 Å². The van der Waals surface area contributed by atoms with Crippen LogP contribution in [0.25, 0.3) is 16.8 Å². The topological polar surface area (TPSA) is 63.7 Å². The van der Waals surface area contributed by atoms with Gasteiger partial charge in [-0.15, -0.1) is 0 Å². The molecular formula is C29H21NO4S. The second-order valence-electron chi connectivity index (χ2n) is 8.23. The minimum absolute atomic E-state index is 0.206. The summed E-state index contributed by atoms with van der Waals surface area (Å²) in [5, 5.41) is 1.77. The normalized spacial score (nSPS) is 14.7. The van der Waals surface area contributed by atoms with Crippen LogP contribution in [-0.2, 0) is 11.3 Å². The molecule has 1 fully saturated rings. The van der Waals surface area contributed by atoms with E-state index in [-0.39, 0.29) is 17.7 Å². The highest BCUT2D eigenvalue weighted by Gasteiger charge is 2.35. The van der Waals surface area contributed by atoms with E-state index in [1.54, 1.807) is 42.5 Å². The second-order valence-corrected chi connectivity index (χ2v) is 9.23.